The molecule has 19 heavy (non-hydrogen) atoms. The molecule has 0 spiro atoms. The lowest BCUT2D eigenvalue weighted by Gasteiger charge is -2.09. The fourth-order valence-corrected chi connectivity index (χ4v) is 2.02. The molecule has 102 valence electrons. The summed E-state index contributed by atoms with van der Waals surface area (Å²) >= 11 is 0. The van der Waals surface area contributed by atoms with Crippen molar-refractivity contribution < 1.29 is 0 Å². The second-order valence-electron chi connectivity index (χ2n) is 4.94. The third kappa shape index (κ3) is 6.72. The van der Waals surface area contributed by atoms with Crippen LogP contribution in [0.5, 0.6) is 0 Å². The average molecular weight is 255 g/mol. The van der Waals surface area contributed by atoms with Crippen LogP contribution in [0.3, 0.4) is 0 Å². The number of hydrogen-bond acceptors (Lipinski definition) is 1. The van der Waals surface area contributed by atoms with Crippen LogP contribution in [0, 0.1) is 12.3 Å². The van der Waals surface area contributed by atoms with Gasteiger partial charge < -0.3 is 5.32 Å². The van der Waals surface area contributed by atoms with Gasteiger partial charge in [0.2, 0.25) is 0 Å². The number of benzene rings is 1. The van der Waals surface area contributed by atoms with Gasteiger partial charge in [-0.3, -0.25) is 0 Å². The lowest BCUT2D eigenvalue weighted by Crippen LogP contribution is -2.14. The molecule has 0 atom stereocenters. The minimum atomic E-state index is 0.954. The molecule has 0 saturated carbocycles. The Bertz CT molecular complexity index is 426. The Morgan fingerprint density at radius 3 is 2.89 bits per heavy atom. The number of rotatable bonds is 9. The van der Waals surface area contributed by atoms with Gasteiger partial charge in [-0.1, -0.05) is 50.8 Å². The van der Waals surface area contributed by atoms with Crippen LogP contribution in [0.15, 0.2) is 36.5 Å². The van der Waals surface area contributed by atoms with Gasteiger partial charge in [-0.2, -0.15) is 0 Å². The van der Waals surface area contributed by atoms with Crippen LogP contribution in [-0.2, 0) is 6.42 Å². The average Bonchev–Trinajstić information content (AvgIpc) is 2.45. The second kappa shape index (κ2) is 9.28. The minimum absolute atomic E-state index is 0.954. The van der Waals surface area contributed by atoms with E-state index < -0.39 is 0 Å². The summed E-state index contributed by atoms with van der Waals surface area (Å²) in [7, 11) is 0. The quantitative estimate of drug-likeness (QED) is 0.513. The van der Waals surface area contributed by atoms with E-state index in [1.807, 2.05) is 12.1 Å². The highest BCUT2D eigenvalue weighted by Crippen LogP contribution is 2.09. The molecular formula is C18H25N. The summed E-state index contributed by atoms with van der Waals surface area (Å²) in [5.41, 5.74) is 3.36. The Labute approximate surface area is 118 Å². The summed E-state index contributed by atoms with van der Waals surface area (Å²) in [4.78, 5) is 0. The largest absolute Gasteiger partial charge is 0.389 e. The molecule has 1 aromatic rings. The Balaban J connectivity index is 2.21. The molecule has 0 aliphatic carbocycles. The monoisotopic (exact) mass is 255 g/mol. The van der Waals surface area contributed by atoms with E-state index in [4.69, 9.17) is 6.42 Å². The van der Waals surface area contributed by atoms with Crippen LogP contribution in [-0.4, -0.2) is 6.54 Å². The van der Waals surface area contributed by atoms with Crippen LogP contribution >= 0.6 is 0 Å². The van der Waals surface area contributed by atoms with Crippen molar-refractivity contribution in [2.24, 2.45) is 0 Å². The molecule has 1 aromatic carbocycles. The van der Waals surface area contributed by atoms with Gasteiger partial charge in [-0.15, -0.1) is 6.42 Å². The van der Waals surface area contributed by atoms with Crippen LogP contribution in [0.4, 0.5) is 0 Å². The molecule has 1 nitrogen and oxygen atoms in total. The van der Waals surface area contributed by atoms with Crippen LogP contribution < -0.4 is 5.32 Å². The van der Waals surface area contributed by atoms with Gasteiger partial charge in [-0.25, -0.2) is 0 Å². The van der Waals surface area contributed by atoms with Crippen molar-refractivity contribution in [2.75, 3.05) is 6.54 Å². The van der Waals surface area contributed by atoms with E-state index in [-0.39, 0.29) is 0 Å². The highest BCUT2D eigenvalue weighted by atomic mass is 14.9. The predicted molar refractivity (Wildman–Crippen MR) is 84.0 cm³/mol. The van der Waals surface area contributed by atoms with Crippen LogP contribution in [0.25, 0.3) is 0 Å². The van der Waals surface area contributed by atoms with E-state index in [0.717, 1.165) is 30.6 Å². The van der Waals surface area contributed by atoms with Gasteiger partial charge >= 0.3 is 0 Å². The number of unbranched alkanes of at least 4 members (excludes halogenated alkanes) is 3. The van der Waals surface area contributed by atoms with Crippen molar-refractivity contribution in [3.05, 3.63) is 47.7 Å². The van der Waals surface area contributed by atoms with Crippen LogP contribution in [0.2, 0.25) is 0 Å². The number of nitrogens with one attached hydrogen (secondary N) is 1. The normalized spacial score (nSPS) is 9.89. The van der Waals surface area contributed by atoms with Crippen molar-refractivity contribution in [2.45, 2.75) is 45.4 Å². The summed E-state index contributed by atoms with van der Waals surface area (Å²) in [6.45, 7) is 7.36. The van der Waals surface area contributed by atoms with Gasteiger partial charge in [0.1, 0.15) is 0 Å². The third-order valence-electron chi connectivity index (χ3n) is 3.21. The van der Waals surface area contributed by atoms with E-state index >= 15 is 0 Å². The summed E-state index contributed by atoms with van der Waals surface area (Å²) in [5, 5.41) is 3.41. The Morgan fingerprint density at radius 2 is 2.16 bits per heavy atom. The third-order valence-corrected chi connectivity index (χ3v) is 3.21. The number of hydrogen-bond donors (Lipinski definition) is 1. The molecule has 0 amide bonds. The van der Waals surface area contributed by atoms with E-state index in [2.05, 4.69) is 36.9 Å². The van der Waals surface area contributed by atoms with Crippen molar-refractivity contribution >= 4 is 0 Å². The highest BCUT2D eigenvalue weighted by molar-refractivity contribution is 5.35. The first-order valence-corrected chi connectivity index (χ1v) is 7.23. The molecule has 0 saturated heterocycles. The zero-order valence-corrected chi connectivity index (χ0v) is 12.0. The van der Waals surface area contributed by atoms with Gasteiger partial charge in [0.25, 0.3) is 0 Å². The zero-order chi connectivity index (χ0) is 13.9. The molecule has 0 fully saturated rings. The Hall–Kier alpha value is -1.68. The maximum absolute atomic E-state index is 5.40. The summed E-state index contributed by atoms with van der Waals surface area (Å²) in [6.07, 6.45) is 12.5. The standard InChI is InChI=1S/C18H25N/c1-4-6-7-8-14-19-16(3)12-13-18-11-9-10-17(5-2)15-18/h2,9-11,15,19H,3-4,6-8,12-14H2,1H3. The maximum atomic E-state index is 5.40. The van der Waals surface area contributed by atoms with Gasteiger partial charge in [0.15, 0.2) is 0 Å². The van der Waals surface area contributed by atoms with E-state index in [0.29, 0.717) is 0 Å². The van der Waals surface area contributed by atoms with Crippen molar-refractivity contribution in [1.82, 2.24) is 5.32 Å². The highest BCUT2D eigenvalue weighted by Gasteiger charge is 1.97. The summed E-state index contributed by atoms with van der Waals surface area (Å²) < 4.78 is 0. The van der Waals surface area contributed by atoms with Gasteiger partial charge in [0.05, 0.1) is 0 Å². The maximum Gasteiger partial charge on any atom is 0.0245 e. The second-order valence-corrected chi connectivity index (χ2v) is 4.94. The van der Waals surface area contributed by atoms with Gasteiger partial charge in [0, 0.05) is 17.8 Å². The van der Waals surface area contributed by atoms with Crippen molar-refractivity contribution in [3.63, 3.8) is 0 Å². The number of allylic oxidation sites excluding steroid dienone is 1. The van der Waals surface area contributed by atoms with E-state index in [1.54, 1.807) is 0 Å². The fourth-order valence-electron chi connectivity index (χ4n) is 2.02. The SMILES string of the molecule is C#Cc1cccc(CCC(=C)NCCCCCC)c1. The molecule has 0 aliphatic heterocycles. The molecule has 0 aliphatic rings. The molecule has 1 N–H and O–H groups in total. The predicted octanol–water partition coefficient (Wildman–Crippen LogP) is 4.28. The van der Waals surface area contributed by atoms with Crippen LogP contribution in [0.1, 0.15) is 50.2 Å². The lowest BCUT2D eigenvalue weighted by molar-refractivity contribution is 0.626. The van der Waals surface area contributed by atoms with Crippen molar-refractivity contribution in [3.8, 4) is 12.3 Å². The molecule has 0 bridgehead atoms. The molecule has 0 heterocycles. The molecular weight excluding hydrogens is 230 g/mol. The Morgan fingerprint density at radius 1 is 1.32 bits per heavy atom. The smallest absolute Gasteiger partial charge is 0.0245 e. The van der Waals surface area contributed by atoms with E-state index in [1.165, 1.54) is 31.2 Å². The van der Waals surface area contributed by atoms with E-state index in [9.17, 15) is 0 Å². The number of aryl methyl sites for hydroxylation is 1. The number of terminal acetylenes is 1. The topological polar surface area (TPSA) is 12.0 Å². The Kier molecular flexibility index (Phi) is 7.51. The summed E-state index contributed by atoms with van der Waals surface area (Å²) in [5.74, 6) is 2.67. The molecule has 0 aromatic heterocycles. The fraction of sp³-hybridized carbons (Fsp3) is 0.444. The van der Waals surface area contributed by atoms with Gasteiger partial charge in [-0.05, 0) is 37.0 Å². The first-order chi connectivity index (χ1) is 9.26. The van der Waals surface area contributed by atoms with Crippen molar-refractivity contribution in [1.29, 1.82) is 0 Å². The molecule has 1 heteroatoms. The molecule has 0 unspecified atom stereocenters. The first kappa shape index (κ1) is 15.4. The lowest BCUT2D eigenvalue weighted by atomic mass is 10.1. The first-order valence-electron chi connectivity index (χ1n) is 7.23. The minimum Gasteiger partial charge on any atom is -0.389 e. The molecule has 1 rings (SSSR count). The summed E-state index contributed by atoms with van der Waals surface area (Å²) in [6, 6.07) is 8.18. The zero-order valence-electron chi connectivity index (χ0n) is 12.0. The molecule has 0 radical (unpaired) electrons.